The van der Waals surface area contributed by atoms with Gasteiger partial charge in [0.2, 0.25) is 0 Å². The number of hydrogen-bond acceptors (Lipinski definition) is 4. The number of benzene rings is 2. The summed E-state index contributed by atoms with van der Waals surface area (Å²) < 4.78 is 33.3. The molecule has 1 fully saturated rings. The zero-order valence-electron chi connectivity index (χ0n) is 15.5. The van der Waals surface area contributed by atoms with Gasteiger partial charge in [0.25, 0.3) is 5.91 Å². The zero-order valence-corrected chi connectivity index (χ0v) is 15.5. The number of halogens is 2. The van der Waals surface area contributed by atoms with Crippen LogP contribution in [0, 0.1) is 17.0 Å². The molecule has 1 saturated heterocycles. The number of ketones is 1. The summed E-state index contributed by atoms with van der Waals surface area (Å²) in [6, 6.07) is 9.62. The third-order valence-corrected chi connectivity index (χ3v) is 4.77. The number of amides is 1. The Morgan fingerprint density at radius 1 is 1.14 bits per heavy atom. The molecule has 1 aliphatic heterocycles. The van der Waals surface area contributed by atoms with E-state index in [1.807, 2.05) is 0 Å². The molecule has 0 spiro atoms. The van der Waals surface area contributed by atoms with Gasteiger partial charge in [-0.25, -0.2) is 8.78 Å². The number of aliphatic hydroxyl groups is 1. The van der Waals surface area contributed by atoms with Crippen molar-refractivity contribution in [2.45, 2.75) is 6.92 Å². The predicted octanol–water partition coefficient (Wildman–Crippen LogP) is 2.67. The van der Waals surface area contributed by atoms with Crippen LogP contribution < -0.4 is 0 Å². The summed E-state index contributed by atoms with van der Waals surface area (Å²) in [6.07, 6.45) is 0. The molecule has 0 aromatic heterocycles. The summed E-state index contributed by atoms with van der Waals surface area (Å²) in [6.45, 7) is 2.45. The highest BCUT2D eigenvalue weighted by Gasteiger charge is 2.33. The molecule has 0 bridgehead atoms. The lowest BCUT2D eigenvalue weighted by atomic mass is 9.91. The second-order valence-corrected chi connectivity index (χ2v) is 7.26. The topological polar surface area (TPSA) is 66.8 Å². The van der Waals surface area contributed by atoms with Crippen molar-refractivity contribution in [2.75, 3.05) is 32.9 Å². The van der Waals surface area contributed by atoms with Crippen molar-refractivity contribution in [1.29, 1.82) is 0 Å². The molecule has 1 unspecified atom stereocenters. The van der Waals surface area contributed by atoms with E-state index in [1.165, 1.54) is 4.90 Å². The van der Waals surface area contributed by atoms with E-state index in [-0.39, 0.29) is 49.6 Å². The van der Waals surface area contributed by atoms with Crippen LogP contribution in [0.2, 0.25) is 0 Å². The van der Waals surface area contributed by atoms with E-state index in [2.05, 4.69) is 0 Å². The van der Waals surface area contributed by atoms with Crippen LogP contribution in [-0.4, -0.2) is 54.6 Å². The largest absolute Gasteiger partial charge is 0.396 e. The SMILES string of the molecule is CC1(CO)COCCN(C(=O)c2cc(F)c(F)cc2C(=O)c2ccccc2)C1. The lowest BCUT2D eigenvalue weighted by molar-refractivity contribution is 0.0340. The van der Waals surface area contributed by atoms with Crippen LogP contribution in [-0.2, 0) is 4.74 Å². The number of aliphatic hydroxyl groups excluding tert-OH is 1. The molecule has 2 aromatic rings. The Bertz CT molecular complexity index is 887. The van der Waals surface area contributed by atoms with Crippen molar-refractivity contribution in [3.05, 3.63) is 70.8 Å². The van der Waals surface area contributed by atoms with E-state index in [0.29, 0.717) is 0 Å². The molecule has 7 heteroatoms. The molecule has 1 aliphatic rings. The molecule has 28 heavy (non-hydrogen) atoms. The van der Waals surface area contributed by atoms with Gasteiger partial charge in [-0.15, -0.1) is 0 Å². The van der Waals surface area contributed by atoms with Gasteiger partial charge in [-0.3, -0.25) is 9.59 Å². The van der Waals surface area contributed by atoms with Crippen LogP contribution in [0.3, 0.4) is 0 Å². The van der Waals surface area contributed by atoms with E-state index in [4.69, 9.17) is 4.74 Å². The fraction of sp³-hybridized carbons (Fsp3) is 0.333. The maximum absolute atomic E-state index is 13.9. The molecule has 1 amide bonds. The van der Waals surface area contributed by atoms with Gasteiger partial charge in [-0.05, 0) is 12.1 Å². The minimum atomic E-state index is -1.20. The summed E-state index contributed by atoms with van der Waals surface area (Å²) in [5.41, 5.74) is -0.836. The van der Waals surface area contributed by atoms with Gasteiger partial charge in [0.15, 0.2) is 17.4 Å². The first-order valence-corrected chi connectivity index (χ1v) is 8.91. The van der Waals surface area contributed by atoms with Crippen molar-refractivity contribution < 1.29 is 28.2 Å². The molecular weight excluding hydrogens is 368 g/mol. The van der Waals surface area contributed by atoms with Gasteiger partial charge in [0.05, 0.1) is 25.4 Å². The molecule has 1 atom stereocenters. The summed E-state index contributed by atoms with van der Waals surface area (Å²) in [5.74, 6) is -3.58. The average Bonchev–Trinajstić information content (AvgIpc) is 2.91. The summed E-state index contributed by atoms with van der Waals surface area (Å²) >= 11 is 0. The highest BCUT2D eigenvalue weighted by atomic mass is 19.2. The van der Waals surface area contributed by atoms with Gasteiger partial charge in [0, 0.05) is 29.6 Å². The first kappa shape index (κ1) is 20.1. The minimum Gasteiger partial charge on any atom is -0.396 e. The molecule has 148 valence electrons. The highest BCUT2D eigenvalue weighted by Crippen LogP contribution is 2.25. The number of ether oxygens (including phenoxy) is 1. The average molecular weight is 389 g/mol. The van der Waals surface area contributed by atoms with Crippen molar-refractivity contribution in [3.8, 4) is 0 Å². The van der Waals surface area contributed by atoms with Crippen LogP contribution >= 0.6 is 0 Å². The molecule has 2 aromatic carbocycles. The van der Waals surface area contributed by atoms with E-state index >= 15 is 0 Å². The van der Waals surface area contributed by atoms with Crippen molar-refractivity contribution >= 4 is 11.7 Å². The number of rotatable bonds is 4. The van der Waals surface area contributed by atoms with Crippen LogP contribution in [0.15, 0.2) is 42.5 Å². The predicted molar refractivity (Wildman–Crippen MR) is 98.1 cm³/mol. The van der Waals surface area contributed by atoms with Gasteiger partial charge < -0.3 is 14.7 Å². The highest BCUT2D eigenvalue weighted by molar-refractivity contribution is 6.15. The van der Waals surface area contributed by atoms with Crippen molar-refractivity contribution in [1.82, 2.24) is 4.90 Å². The van der Waals surface area contributed by atoms with Crippen LogP contribution in [0.1, 0.15) is 33.2 Å². The summed E-state index contributed by atoms with van der Waals surface area (Å²) in [5, 5.41) is 9.64. The van der Waals surface area contributed by atoms with Gasteiger partial charge in [-0.2, -0.15) is 0 Å². The minimum absolute atomic E-state index is 0.167. The van der Waals surface area contributed by atoms with E-state index < -0.39 is 28.7 Å². The Morgan fingerprint density at radius 2 is 1.79 bits per heavy atom. The molecule has 0 aliphatic carbocycles. The molecule has 1 N–H and O–H groups in total. The summed E-state index contributed by atoms with van der Waals surface area (Å²) in [7, 11) is 0. The maximum Gasteiger partial charge on any atom is 0.254 e. The number of carbonyl (C=O) groups is 2. The third-order valence-electron chi connectivity index (χ3n) is 4.77. The number of hydrogen-bond donors (Lipinski definition) is 1. The fourth-order valence-corrected chi connectivity index (χ4v) is 3.17. The quantitative estimate of drug-likeness (QED) is 0.817. The Hall–Kier alpha value is -2.64. The van der Waals surface area contributed by atoms with Crippen LogP contribution in [0.25, 0.3) is 0 Å². The standard InChI is InChI=1S/C21H21F2NO4/c1-21(12-25)11-24(7-8-28-13-21)20(27)16-10-18(23)17(22)9-15(16)19(26)14-5-3-2-4-6-14/h2-6,9-10,25H,7-8,11-13H2,1H3. The fourth-order valence-electron chi connectivity index (χ4n) is 3.17. The van der Waals surface area contributed by atoms with Crippen molar-refractivity contribution in [3.63, 3.8) is 0 Å². The second-order valence-electron chi connectivity index (χ2n) is 7.26. The third kappa shape index (κ3) is 4.10. The first-order valence-electron chi connectivity index (χ1n) is 8.91. The van der Waals surface area contributed by atoms with E-state index in [9.17, 15) is 23.5 Å². The Kier molecular flexibility index (Phi) is 5.86. The number of carbonyl (C=O) groups excluding carboxylic acids is 2. The molecule has 0 radical (unpaired) electrons. The molecule has 3 rings (SSSR count). The Labute approximate surface area is 161 Å². The lowest BCUT2D eigenvalue weighted by Gasteiger charge is -2.30. The summed E-state index contributed by atoms with van der Waals surface area (Å²) in [4.78, 5) is 27.4. The second kappa shape index (κ2) is 8.16. The van der Waals surface area contributed by atoms with E-state index in [1.54, 1.807) is 37.3 Å². The van der Waals surface area contributed by atoms with E-state index in [0.717, 1.165) is 12.1 Å². The first-order chi connectivity index (χ1) is 13.3. The molecular formula is C21H21F2NO4. The molecule has 1 heterocycles. The van der Waals surface area contributed by atoms with Gasteiger partial charge in [0.1, 0.15) is 0 Å². The van der Waals surface area contributed by atoms with Gasteiger partial charge >= 0.3 is 0 Å². The van der Waals surface area contributed by atoms with Crippen LogP contribution in [0.4, 0.5) is 8.78 Å². The normalized spacial score (nSPS) is 19.9. The number of nitrogens with zero attached hydrogens (tertiary/aromatic N) is 1. The Balaban J connectivity index is 2.02. The molecule has 5 nitrogen and oxygen atoms in total. The Morgan fingerprint density at radius 3 is 2.43 bits per heavy atom. The maximum atomic E-state index is 13.9. The zero-order chi connectivity index (χ0) is 20.3. The molecule has 0 saturated carbocycles. The van der Waals surface area contributed by atoms with Gasteiger partial charge in [-0.1, -0.05) is 37.3 Å². The smallest absolute Gasteiger partial charge is 0.254 e. The lowest BCUT2D eigenvalue weighted by Crippen LogP contribution is -2.42. The monoisotopic (exact) mass is 389 g/mol. The van der Waals surface area contributed by atoms with Crippen LogP contribution in [0.5, 0.6) is 0 Å². The van der Waals surface area contributed by atoms with Crippen molar-refractivity contribution in [2.24, 2.45) is 5.41 Å².